The number of morpholine rings is 1. The van der Waals surface area contributed by atoms with Crippen LogP contribution < -0.4 is 15.4 Å². The molecule has 1 fully saturated rings. The van der Waals surface area contributed by atoms with Crippen molar-refractivity contribution in [2.75, 3.05) is 44.8 Å². The summed E-state index contributed by atoms with van der Waals surface area (Å²) in [6.07, 6.45) is 5.57. The fourth-order valence-corrected chi connectivity index (χ4v) is 5.76. The standard InChI is InChI=1S/C32H39N7O4S/c40-29(22-24-7-2-1-3-8-24)33-28-14-13-26(35-36-28)10-4-5-12-31-37-38-32(44-31)34-30(41)23-25-9-6-11-27(21-25)43-20-17-39-15-18-42-19-16-39/h1-3,6-9,11,21H,4-5,10,12-20,22-23H2,(H,33,36,40)(H,34,38,41). The van der Waals surface area contributed by atoms with Crippen LogP contribution in [0, 0.1) is 0 Å². The van der Waals surface area contributed by atoms with Gasteiger partial charge in [-0.2, -0.15) is 5.10 Å². The zero-order valence-corrected chi connectivity index (χ0v) is 25.7. The van der Waals surface area contributed by atoms with Crippen molar-refractivity contribution in [2.24, 2.45) is 10.2 Å². The van der Waals surface area contributed by atoms with E-state index in [0.717, 1.165) is 92.5 Å². The molecule has 2 aliphatic rings. The van der Waals surface area contributed by atoms with E-state index in [9.17, 15) is 9.59 Å². The van der Waals surface area contributed by atoms with E-state index in [2.05, 4.69) is 35.9 Å². The Balaban J connectivity index is 0.969. The molecule has 0 radical (unpaired) electrons. The second kappa shape index (κ2) is 16.7. The molecule has 2 amide bonds. The quantitative estimate of drug-likeness (QED) is 0.261. The van der Waals surface area contributed by atoms with Crippen molar-refractivity contribution in [1.82, 2.24) is 20.4 Å². The average molecular weight is 618 g/mol. The first-order valence-electron chi connectivity index (χ1n) is 15.2. The Bertz CT molecular complexity index is 1440. The highest BCUT2D eigenvalue weighted by molar-refractivity contribution is 7.15. The molecule has 0 saturated carbocycles. The monoisotopic (exact) mass is 617 g/mol. The van der Waals surface area contributed by atoms with E-state index in [1.165, 1.54) is 11.3 Å². The lowest BCUT2D eigenvalue weighted by Gasteiger charge is -2.26. The van der Waals surface area contributed by atoms with Crippen LogP contribution in [0.25, 0.3) is 0 Å². The highest BCUT2D eigenvalue weighted by Crippen LogP contribution is 2.20. The maximum atomic E-state index is 12.6. The van der Waals surface area contributed by atoms with Crippen LogP contribution >= 0.6 is 11.3 Å². The summed E-state index contributed by atoms with van der Waals surface area (Å²) in [6, 6.07) is 17.3. The molecule has 3 heterocycles. The van der Waals surface area contributed by atoms with E-state index in [1.54, 1.807) is 0 Å². The molecule has 3 aromatic rings. The minimum atomic E-state index is -0.135. The minimum absolute atomic E-state index is 0.0734. The maximum absolute atomic E-state index is 12.6. The lowest BCUT2D eigenvalue weighted by atomic mass is 10.1. The van der Waals surface area contributed by atoms with Gasteiger partial charge in [0.05, 0.1) is 26.1 Å². The van der Waals surface area contributed by atoms with Crippen molar-refractivity contribution in [3.63, 3.8) is 0 Å². The van der Waals surface area contributed by atoms with Gasteiger partial charge in [-0.3, -0.25) is 14.5 Å². The van der Waals surface area contributed by atoms with Crippen LogP contribution in [0.15, 0.2) is 64.8 Å². The second-order valence-corrected chi connectivity index (χ2v) is 11.9. The topological polar surface area (TPSA) is 130 Å². The van der Waals surface area contributed by atoms with Crippen molar-refractivity contribution < 1.29 is 19.1 Å². The molecule has 44 heavy (non-hydrogen) atoms. The Morgan fingerprint density at radius 2 is 1.64 bits per heavy atom. The number of benzene rings is 2. The van der Waals surface area contributed by atoms with Crippen LogP contribution in [0.3, 0.4) is 0 Å². The van der Waals surface area contributed by atoms with Gasteiger partial charge in [-0.1, -0.05) is 53.8 Å². The summed E-state index contributed by atoms with van der Waals surface area (Å²) in [4.78, 5) is 27.2. The van der Waals surface area contributed by atoms with Crippen LogP contribution in [0.2, 0.25) is 0 Å². The maximum Gasteiger partial charge on any atom is 0.230 e. The van der Waals surface area contributed by atoms with Crippen molar-refractivity contribution in [1.29, 1.82) is 0 Å². The third kappa shape index (κ3) is 10.6. The molecule has 2 aromatic carbocycles. The molecule has 0 bridgehead atoms. The molecule has 0 spiro atoms. The number of amides is 2. The van der Waals surface area contributed by atoms with Gasteiger partial charge in [0.25, 0.3) is 0 Å². The highest BCUT2D eigenvalue weighted by Gasteiger charge is 2.14. The number of amidine groups is 1. The van der Waals surface area contributed by atoms with Crippen LogP contribution in [-0.2, 0) is 33.6 Å². The number of carbonyl (C=O) groups excluding carboxylic acids is 2. The molecule has 5 rings (SSSR count). The van der Waals surface area contributed by atoms with Gasteiger partial charge in [-0.05, 0) is 48.9 Å². The van der Waals surface area contributed by atoms with Gasteiger partial charge in [-0.25, -0.2) is 0 Å². The molecule has 2 aliphatic heterocycles. The average Bonchev–Trinajstić information content (AvgIpc) is 3.48. The Kier molecular flexibility index (Phi) is 12.0. The first-order chi connectivity index (χ1) is 21.6. The lowest BCUT2D eigenvalue weighted by Crippen LogP contribution is -2.38. The number of anilines is 1. The molecule has 0 aliphatic carbocycles. The first kappa shape index (κ1) is 31.4. The Morgan fingerprint density at radius 1 is 0.864 bits per heavy atom. The molecular weight excluding hydrogens is 578 g/mol. The number of ether oxygens (including phenoxy) is 2. The second-order valence-electron chi connectivity index (χ2n) is 10.8. The summed E-state index contributed by atoms with van der Waals surface area (Å²) in [5.74, 6) is 1.18. The van der Waals surface area contributed by atoms with Gasteiger partial charge in [0, 0.05) is 38.2 Å². The van der Waals surface area contributed by atoms with Gasteiger partial charge in [-0.15, -0.1) is 15.3 Å². The van der Waals surface area contributed by atoms with Crippen LogP contribution in [0.5, 0.6) is 5.75 Å². The van der Waals surface area contributed by atoms with Crippen LogP contribution in [-0.4, -0.2) is 77.9 Å². The molecule has 12 heteroatoms. The fourth-order valence-electron chi connectivity index (χ4n) is 4.96. The normalized spacial score (nSPS) is 15.3. The molecular formula is C32H39N7O4S. The van der Waals surface area contributed by atoms with E-state index >= 15 is 0 Å². The van der Waals surface area contributed by atoms with Crippen molar-refractivity contribution >= 4 is 39.8 Å². The molecule has 11 nitrogen and oxygen atoms in total. The zero-order valence-electron chi connectivity index (χ0n) is 24.9. The lowest BCUT2D eigenvalue weighted by molar-refractivity contribution is -0.119. The summed E-state index contributed by atoms with van der Waals surface area (Å²) >= 11 is 1.41. The molecule has 2 N–H and O–H groups in total. The molecule has 232 valence electrons. The molecule has 1 aromatic heterocycles. The fraction of sp³-hybridized carbons (Fsp3) is 0.438. The Hall–Kier alpha value is -4.00. The number of aromatic nitrogens is 2. The van der Waals surface area contributed by atoms with E-state index in [4.69, 9.17) is 9.47 Å². The number of nitrogens with one attached hydrogen (secondary N) is 2. The van der Waals surface area contributed by atoms with Gasteiger partial charge >= 0.3 is 0 Å². The van der Waals surface area contributed by atoms with Gasteiger partial charge in [0.1, 0.15) is 23.2 Å². The van der Waals surface area contributed by atoms with Gasteiger partial charge in [0.2, 0.25) is 16.9 Å². The highest BCUT2D eigenvalue weighted by atomic mass is 32.1. The summed E-state index contributed by atoms with van der Waals surface area (Å²) < 4.78 is 11.3. The zero-order chi connectivity index (χ0) is 30.4. The van der Waals surface area contributed by atoms with Crippen molar-refractivity contribution in [3.8, 4) is 5.75 Å². The van der Waals surface area contributed by atoms with Crippen LogP contribution in [0.4, 0.5) is 5.13 Å². The predicted molar refractivity (Wildman–Crippen MR) is 171 cm³/mol. The number of carbonyl (C=O) groups is 2. The largest absolute Gasteiger partial charge is 0.492 e. The predicted octanol–water partition coefficient (Wildman–Crippen LogP) is 4.05. The number of hydrogen-bond donors (Lipinski definition) is 2. The summed E-state index contributed by atoms with van der Waals surface area (Å²) in [7, 11) is 0. The summed E-state index contributed by atoms with van der Waals surface area (Å²) in [5.41, 5.74) is 2.90. The molecule has 0 atom stereocenters. The number of unbranched alkanes of at least 4 members (excludes halogenated alkanes) is 1. The first-order valence-corrected chi connectivity index (χ1v) is 16.0. The molecule has 0 unspecified atom stereocenters. The Labute approximate surface area is 261 Å². The third-order valence-electron chi connectivity index (χ3n) is 7.32. The number of hydrogen-bond acceptors (Lipinski definition) is 10. The van der Waals surface area contributed by atoms with E-state index in [0.29, 0.717) is 30.4 Å². The molecule has 1 saturated heterocycles. The van der Waals surface area contributed by atoms with Crippen molar-refractivity contribution in [2.45, 2.75) is 51.4 Å². The third-order valence-corrected chi connectivity index (χ3v) is 8.21. The van der Waals surface area contributed by atoms with E-state index in [1.807, 2.05) is 54.6 Å². The van der Waals surface area contributed by atoms with Gasteiger partial charge < -0.3 is 20.1 Å². The summed E-state index contributed by atoms with van der Waals surface area (Å²) in [5, 5.41) is 24.1. The smallest absolute Gasteiger partial charge is 0.230 e. The van der Waals surface area contributed by atoms with E-state index in [-0.39, 0.29) is 18.2 Å². The van der Waals surface area contributed by atoms with E-state index < -0.39 is 0 Å². The minimum Gasteiger partial charge on any atom is -0.492 e. The van der Waals surface area contributed by atoms with Crippen LogP contribution in [0.1, 0.15) is 48.2 Å². The number of nitrogens with zero attached hydrogens (tertiary/aromatic N) is 5. The van der Waals surface area contributed by atoms with Crippen molar-refractivity contribution in [3.05, 3.63) is 70.7 Å². The van der Waals surface area contributed by atoms with Gasteiger partial charge in [0.15, 0.2) is 0 Å². The SMILES string of the molecule is O=C(Cc1ccccc1)NC1=NN=C(CCCCc2nnc(NC(=O)Cc3cccc(OCCN4CCOCC4)c3)s2)CC1. The number of aryl methyl sites for hydroxylation is 1. The Morgan fingerprint density at radius 3 is 2.45 bits per heavy atom. The summed E-state index contributed by atoms with van der Waals surface area (Å²) in [6.45, 7) is 4.86. The number of rotatable bonds is 14.